The molecular formula is C24H26ClNO5. The van der Waals surface area contributed by atoms with Crippen LogP contribution in [0.3, 0.4) is 0 Å². The summed E-state index contributed by atoms with van der Waals surface area (Å²) in [6.45, 7) is 0.306. The van der Waals surface area contributed by atoms with Crippen LogP contribution in [0.4, 0.5) is 0 Å². The van der Waals surface area contributed by atoms with Gasteiger partial charge in [-0.05, 0) is 42.7 Å². The molecule has 1 aliphatic carbocycles. The molecule has 7 heteroatoms. The Hall–Kier alpha value is -2.99. The Morgan fingerprint density at radius 3 is 2.61 bits per heavy atom. The fraction of sp³-hybridized carbons (Fsp3) is 0.333. The minimum absolute atomic E-state index is 0.124. The lowest BCUT2D eigenvalue weighted by Crippen LogP contribution is -2.30. The van der Waals surface area contributed by atoms with E-state index in [1.807, 2.05) is 24.3 Å². The lowest BCUT2D eigenvalue weighted by atomic mass is 9.89. The molecule has 3 rings (SSSR count). The number of carbonyl (C=O) groups is 2. The fourth-order valence-electron chi connectivity index (χ4n) is 3.41. The van der Waals surface area contributed by atoms with Crippen LogP contribution in [-0.2, 0) is 21.0 Å². The van der Waals surface area contributed by atoms with Crippen LogP contribution in [-0.4, -0.2) is 19.0 Å². The van der Waals surface area contributed by atoms with Gasteiger partial charge in [-0.15, -0.1) is 0 Å². The van der Waals surface area contributed by atoms with Gasteiger partial charge in [0, 0.05) is 16.7 Å². The molecule has 1 fully saturated rings. The summed E-state index contributed by atoms with van der Waals surface area (Å²) < 4.78 is 11.2. The van der Waals surface area contributed by atoms with Crippen molar-refractivity contribution in [3.63, 3.8) is 0 Å². The molecule has 1 saturated carbocycles. The van der Waals surface area contributed by atoms with Gasteiger partial charge >= 0.3 is 5.97 Å². The van der Waals surface area contributed by atoms with Gasteiger partial charge in [-0.25, -0.2) is 4.79 Å². The van der Waals surface area contributed by atoms with E-state index in [2.05, 4.69) is 5.48 Å². The summed E-state index contributed by atoms with van der Waals surface area (Å²) in [5.41, 5.74) is 3.79. The van der Waals surface area contributed by atoms with Crippen LogP contribution < -0.4 is 15.0 Å². The lowest BCUT2D eigenvalue weighted by Gasteiger charge is -2.19. The van der Waals surface area contributed by atoms with E-state index in [1.165, 1.54) is 6.08 Å². The van der Waals surface area contributed by atoms with Crippen LogP contribution in [0.25, 0.3) is 6.08 Å². The van der Waals surface area contributed by atoms with Crippen LogP contribution in [0, 0.1) is 5.92 Å². The van der Waals surface area contributed by atoms with Crippen molar-refractivity contribution in [2.24, 2.45) is 5.92 Å². The SMILES string of the molecule is COc1cc(/C=C/C(=O)NOC(=O)C2CCCCC2)ccc1OCc1ccccc1Cl. The highest BCUT2D eigenvalue weighted by Gasteiger charge is 2.23. The van der Waals surface area contributed by atoms with Gasteiger partial charge in [0.15, 0.2) is 11.5 Å². The van der Waals surface area contributed by atoms with E-state index < -0.39 is 5.91 Å². The third kappa shape index (κ3) is 6.76. The number of amides is 1. The number of nitrogens with one attached hydrogen (secondary N) is 1. The highest BCUT2D eigenvalue weighted by molar-refractivity contribution is 6.31. The normalized spacial score (nSPS) is 14.3. The first-order valence-electron chi connectivity index (χ1n) is 10.3. The summed E-state index contributed by atoms with van der Waals surface area (Å²) in [6, 6.07) is 12.8. The summed E-state index contributed by atoms with van der Waals surface area (Å²) in [4.78, 5) is 28.9. The van der Waals surface area contributed by atoms with Crippen molar-refractivity contribution in [1.82, 2.24) is 5.48 Å². The molecule has 0 heterocycles. The third-order valence-corrected chi connectivity index (χ3v) is 5.52. The standard InChI is InChI=1S/C24H26ClNO5/c1-29-22-15-17(11-13-21(22)30-16-19-9-5-6-10-20(19)25)12-14-23(27)26-31-24(28)18-7-3-2-4-8-18/h5-6,9-15,18H,2-4,7-8,16H2,1H3,(H,26,27)/b14-12+. The molecule has 2 aromatic rings. The Kier molecular flexibility index (Phi) is 8.35. The first-order valence-corrected chi connectivity index (χ1v) is 10.7. The first-order chi connectivity index (χ1) is 15.1. The molecule has 6 nitrogen and oxygen atoms in total. The molecule has 31 heavy (non-hydrogen) atoms. The van der Waals surface area contributed by atoms with Crippen molar-refractivity contribution in [2.45, 2.75) is 38.7 Å². The number of hydroxylamine groups is 1. The van der Waals surface area contributed by atoms with Crippen LogP contribution in [0.1, 0.15) is 43.2 Å². The predicted octanol–water partition coefficient (Wildman–Crippen LogP) is 5.10. The Morgan fingerprint density at radius 2 is 1.87 bits per heavy atom. The van der Waals surface area contributed by atoms with E-state index in [-0.39, 0.29) is 11.9 Å². The number of benzene rings is 2. The molecular weight excluding hydrogens is 418 g/mol. The molecule has 0 unspecified atom stereocenters. The number of carbonyl (C=O) groups excluding carboxylic acids is 2. The molecule has 1 aliphatic rings. The van der Waals surface area contributed by atoms with Gasteiger partial charge in [0.1, 0.15) is 6.61 Å². The highest BCUT2D eigenvalue weighted by Crippen LogP contribution is 2.30. The van der Waals surface area contributed by atoms with Crippen molar-refractivity contribution < 1.29 is 23.9 Å². The molecule has 0 spiro atoms. The van der Waals surface area contributed by atoms with Crippen molar-refractivity contribution in [3.8, 4) is 11.5 Å². The molecule has 0 saturated heterocycles. The molecule has 0 aliphatic heterocycles. The molecule has 0 bridgehead atoms. The summed E-state index contributed by atoms with van der Waals surface area (Å²) in [5, 5.41) is 0.635. The smallest absolute Gasteiger partial charge is 0.335 e. The number of hydrogen-bond donors (Lipinski definition) is 1. The van der Waals surface area contributed by atoms with Gasteiger partial charge in [-0.3, -0.25) is 4.79 Å². The zero-order valence-electron chi connectivity index (χ0n) is 17.4. The van der Waals surface area contributed by atoms with E-state index in [9.17, 15) is 9.59 Å². The highest BCUT2D eigenvalue weighted by atomic mass is 35.5. The quantitative estimate of drug-likeness (QED) is 0.476. The summed E-state index contributed by atoms with van der Waals surface area (Å²) in [7, 11) is 1.54. The van der Waals surface area contributed by atoms with Gasteiger partial charge in [-0.1, -0.05) is 55.1 Å². The maximum absolute atomic E-state index is 12.0. The van der Waals surface area contributed by atoms with Crippen LogP contribution in [0.2, 0.25) is 5.02 Å². The molecule has 1 N–H and O–H groups in total. The molecule has 0 atom stereocenters. The Balaban J connectivity index is 1.53. The molecule has 0 radical (unpaired) electrons. The lowest BCUT2D eigenvalue weighted by molar-refractivity contribution is -0.161. The van der Waals surface area contributed by atoms with Gasteiger partial charge in [0.2, 0.25) is 0 Å². The average molecular weight is 444 g/mol. The summed E-state index contributed by atoms with van der Waals surface area (Å²) in [6.07, 6.45) is 7.72. The Morgan fingerprint density at radius 1 is 1.10 bits per heavy atom. The van der Waals surface area contributed by atoms with Crippen molar-refractivity contribution >= 4 is 29.6 Å². The van der Waals surface area contributed by atoms with E-state index in [0.29, 0.717) is 23.1 Å². The molecule has 0 aromatic heterocycles. The maximum atomic E-state index is 12.0. The molecule has 1 amide bonds. The number of rotatable bonds is 7. The zero-order chi connectivity index (χ0) is 22.1. The molecule has 2 aromatic carbocycles. The topological polar surface area (TPSA) is 73.9 Å². The Bertz CT molecular complexity index is 937. The second kappa shape index (κ2) is 11.4. The van der Waals surface area contributed by atoms with E-state index in [1.54, 1.807) is 31.4 Å². The Labute approximate surface area is 187 Å². The number of methoxy groups -OCH3 is 1. The van der Waals surface area contributed by atoms with Crippen LogP contribution in [0.5, 0.6) is 11.5 Å². The maximum Gasteiger partial charge on any atom is 0.335 e. The molecule has 164 valence electrons. The number of ether oxygens (including phenoxy) is 2. The van der Waals surface area contributed by atoms with E-state index in [4.69, 9.17) is 25.9 Å². The zero-order valence-corrected chi connectivity index (χ0v) is 18.2. The minimum atomic E-state index is -0.512. The largest absolute Gasteiger partial charge is 0.493 e. The minimum Gasteiger partial charge on any atom is -0.493 e. The van der Waals surface area contributed by atoms with Crippen molar-refractivity contribution in [2.75, 3.05) is 7.11 Å². The van der Waals surface area contributed by atoms with Gasteiger partial charge in [0.25, 0.3) is 5.91 Å². The second-order valence-electron chi connectivity index (χ2n) is 7.35. The van der Waals surface area contributed by atoms with Gasteiger partial charge in [-0.2, -0.15) is 5.48 Å². The fourth-order valence-corrected chi connectivity index (χ4v) is 3.60. The van der Waals surface area contributed by atoms with E-state index >= 15 is 0 Å². The average Bonchev–Trinajstić information content (AvgIpc) is 2.81. The number of hydrogen-bond acceptors (Lipinski definition) is 5. The van der Waals surface area contributed by atoms with Gasteiger partial charge < -0.3 is 14.3 Å². The summed E-state index contributed by atoms with van der Waals surface area (Å²) >= 11 is 6.16. The van der Waals surface area contributed by atoms with Crippen molar-refractivity contribution in [3.05, 3.63) is 64.7 Å². The number of halogens is 1. The van der Waals surface area contributed by atoms with E-state index in [0.717, 1.165) is 43.2 Å². The summed E-state index contributed by atoms with van der Waals surface area (Å²) in [5.74, 6) is 0.0784. The predicted molar refractivity (Wildman–Crippen MR) is 119 cm³/mol. The van der Waals surface area contributed by atoms with Gasteiger partial charge in [0.05, 0.1) is 13.0 Å². The second-order valence-corrected chi connectivity index (χ2v) is 7.75. The third-order valence-electron chi connectivity index (χ3n) is 5.15. The monoisotopic (exact) mass is 443 g/mol. The first kappa shape index (κ1) is 22.7. The van der Waals surface area contributed by atoms with Crippen LogP contribution >= 0.6 is 11.6 Å². The van der Waals surface area contributed by atoms with Crippen molar-refractivity contribution in [1.29, 1.82) is 0 Å². The van der Waals surface area contributed by atoms with Crippen LogP contribution in [0.15, 0.2) is 48.5 Å².